The Labute approximate surface area is 234 Å². The second-order valence-corrected chi connectivity index (χ2v) is 14.6. The van der Waals surface area contributed by atoms with Crippen LogP contribution in [0.15, 0.2) is 32.9 Å². The summed E-state index contributed by atoms with van der Waals surface area (Å²) in [5.41, 5.74) is 0.788. The van der Waals surface area contributed by atoms with Crippen molar-refractivity contribution in [2.75, 3.05) is 11.6 Å². The zero-order valence-corrected chi connectivity index (χ0v) is 24.0. The second kappa shape index (κ2) is 10.5. The first-order valence-electron chi connectivity index (χ1n) is 12.3. The molecule has 1 saturated heterocycles. The fourth-order valence-corrected chi connectivity index (χ4v) is 8.73. The highest BCUT2D eigenvalue weighted by Crippen LogP contribution is 2.41. The number of piperidine rings is 1. The van der Waals surface area contributed by atoms with Gasteiger partial charge >= 0.3 is 0 Å². The van der Waals surface area contributed by atoms with E-state index in [0.717, 1.165) is 36.9 Å². The number of halogens is 2. The van der Waals surface area contributed by atoms with Crippen molar-refractivity contribution in [3.8, 4) is 0 Å². The molecular formula is C24H26ClFN4O6S3. The molecule has 0 radical (unpaired) electrons. The quantitative estimate of drug-likeness (QED) is 0.474. The van der Waals surface area contributed by atoms with E-state index in [9.17, 15) is 30.8 Å². The molecule has 3 atom stereocenters. The number of ketones is 1. The van der Waals surface area contributed by atoms with E-state index >= 15 is 0 Å². The Morgan fingerprint density at radius 3 is 2.69 bits per heavy atom. The predicted molar refractivity (Wildman–Crippen MR) is 145 cm³/mol. The van der Waals surface area contributed by atoms with Crippen LogP contribution in [0.3, 0.4) is 0 Å². The molecule has 2 fully saturated rings. The number of likely N-dealkylation sites (tertiary alicyclic amines) is 1. The molecule has 3 aliphatic rings. The Morgan fingerprint density at radius 2 is 1.97 bits per heavy atom. The van der Waals surface area contributed by atoms with Crippen LogP contribution in [0.25, 0.3) is 0 Å². The maximum atomic E-state index is 13.9. The number of benzene rings is 1. The Kier molecular flexibility index (Phi) is 7.61. The molecule has 1 unspecified atom stereocenters. The highest BCUT2D eigenvalue weighted by Gasteiger charge is 2.51. The lowest BCUT2D eigenvalue weighted by Gasteiger charge is -2.43. The third-order valence-electron chi connectivity index (χ3n) is 7.23. The van der Waals surface area contributed by atoms with Crippen LogP contribution < -0.4 is 10.0 Å². The van der Waals surface area contributed by atoms with Crippen molar-refractivity contribution in [1.82, 2.24) is 9.62 Å². The molecule has 0 bridgehead atoms. The number of rotatable bonds is 6. The normalized spacial score (nSPS) is 24.8. The summed E-state index contributed by atoms with van der Waals surface area (Å²) < 4.78 is 69.4. The minimum absolute atomic E-state index is 0.0787. The summed E-state index contributed by atoms with van der Waals surface area (Å²) in [7, 11) is -7.93. The summed E-state index contributed by atoms with van der Waals surface area (Å²) in [6.45, 7) is -0.176. The lowest BCUT2D eigenvalue weighted by atomic mass is 9.77. The molecule has 1 amide bonds. The molecule has 1 aromatic carbocycles. The van der Waals surface area contributed by atoms with Crippen LogP contribution in [0.1, 0.15) is 43.2 Å². The Bertz CT molecular complexity index is 1590. The van der Waals surface area contributed by atoms with Crippen molar-refractivity contribution in [2.24, 2.45) is 16.2 Å². The molecule has 1 aromatic heterocycles. The maximum absolute atomic E-state index is 13.9. The van der Waals surface area contributed by atoms with Gasteiger partial charge in [-0.1, -0.05) is 36.9 Å². The standard InChI is InChI=1S/C24H26ClFN4O6S3/c1-38(33,34)27-10-14-12-37-23-21(14)39(35,36)29-22(28-23)19-20(31)15-5-3-2-4-6-18(15)30(24(19)32)11-13-7-8-17(26)16(25)9-13/h7-9,12,15,18-19,27H,2-6,10-11H2,1H3,(H,28,29)/t15-,18+,19?/m1/s1. The van der Waals surface area contributed by atoms with Gasteiger partial charge < -0.3 is 10.2 Å². The van der Waals surface area contributed by atoms with Gasteiger partial charge in [0, 0.05) is 30.6 Å². The van der Waals surface area contributed by atoms with E-state index in [0.29, 0.717) is 18.4 Å². The van der Waals surface area contributed by atoms with E-state index in [1.807, 2.05) is 0 Å². The molecule has 39 heavy (non-hydrogen) atoms. The number of carbonyl (C=O) groups excluding carboxylic acids is 2. The number of amides is 1. The fraction of sp³-hybridized carbons (Fsp3) is 0.458. The third kappa shape index (κ3) is 5.62. The predicted octanol–water partition coefficient (Wildman–Crippen LogP) is 3.28. The number of carbonyl (C=O) groups is 2. The van der Waals surface area contributed by atoms with Crippen LogP contribution >= 0.6 is 22.9 Å². The highest BCUT2D eigenvalue weighted by atomic mass is 35.5. The largest absolute Gasteiger partial charge is 0.334 e. The number of sulfonamides is 2. The van der Waals surface area contributed by atoms with E-state index < -0.39 is 43.6 Å². The van der Waals surface area contributed by atoms with Gasteiger partial charge in [0.25, 0.3) is 10.0 Å². The minimum atomic E-state index is -4.35. The molecule has 2 N–H and O–H groups in total. The van der Waals surface area contributed by atoms with Gasteiger partial charge in [-0.3, -0.25) is 9.59 Å². The van der Waals surface area contributed by atoms with Gasteiger partial charge in [0.15, 0.2) is 11.7 Å². The number of hydrogen-bond acceptors (Lipinski definition) is 8. The maximum Gasteiger partial charge on any atom is 0.287 e. The van der Waals surface area contributed by atoms with Crippen LogP contribution in [0.4, 0.5) is 9.39 Å². The number of nitrogens with one attached hydrogen (secondary N) is 2. The summed E-state index contributed by atoms with van der Waals surface area (Å²) in [5, 5.41) is 4.45. The molecular weight excluding hydrogens is 591 g/mol. The van der Waals surface area contributed by atoms with E-state index in [1.165, 1.54) is 23.6 Å². The lowest BCUT2D eigenvalue weighted by Crippen LogP contribution is -2.59. The topological polar surface area (TPSA) is 142 Å². The van der Waals surface area contributed by atoms with E-state index in [-0.39, 0.29) is 51.2 Å². The van der Waals surface area contributed by atoms with Crippen LogP contribution in [0.5, 0.6) is 0 Å². The summed E-state index contributed by atoms with van der Waals surface area (Å²) in [6, 6.07) is 3.80. The van der Waals surface area contributed by atoms with Gasteiger partial charge in [-0.25, -0.2) is 17.5 Å². The Morgan fingerprint density at radius 1 is 1.23 bits per heavy atom. The molecule has 2 aromatic rings. The van der Waals surface area contributed by atoms with Gasteiger partial charge in [0.2, 0.25) is 15.9 Å². The number of fused-ring (bicyclic) bond motifs is 2. The third-order valence-corrected chi connectivity index (χ3v) is 10.7. The van der Waals surface area contributed by atoms with Crippen LogP contribution in [0.2, 0.25) is 5.02 Å². The Balaban J connectivity index is 1.50. The number of nitrogens with zero attached hydrogens (tertiary/aromatic N) is 2. The van der Waals surface area contributed by atoms with E-state index in [4.69, 9.17) is 11.6 Å². The molecule has 1 aliphatic carbocycles. The number of hydrogen-bond donors (Lipinski definition) is 2. The van der Waals surface area contributed by atoms with E-state index in [2.05, 4.69) is 14.4 Å². The number of amidine groups is 1. The van der Waals surface area contributed by atoms with Gasteiger partial charge in [0.05, 0.1) is 11.3 Å². The molecule has 210 valence electrons. The summed E-state index contributed by atoms with van der Waals surface area (Å²) >= 11 is 6.98. The molecule has 5 rings (SSSR count). The lowest BCUT2D eigenvalue weighted by molar-refractivity contribution is -0.151. The SMILES string of the molecule is CS(=O)(=O)NCc1csc2c1S(=O)(=O)N=C(C1C(=O)[C@@H]3CCCCC[C@@H]3N(Cc3ccc(F)c(Cl)c3)C1=O)N2. The van der Waals surface area contributed by atoms with Gasteiger partial charge in [-0.2, -0.15) is 8.42 Å². The zero-order valence-electron chi connectivity index (χ0n) is 20.8. The summed E-state index contributed by atoms with van der Waals surface area (Å²) in [5.74, 6) is -3.77. The minimum Gasteiger partial charge on any atom is -0.334 e. The number of Topliss-reactive ketones (excluding diaryl/α,β-unsaturated/α-hetero) is 1. The monoisotopic (exact) mass is 616 g/mol. The van der Waals surface area contributed by atoms with Gasteiger partial charge in [-0.15, -0.1) is 15.7 Å². The van der Waals surface area contributed by atoms with Crippen LogP contribution in [-0.4, -0.2) is 51.6 Å². The first kappa shape index (κ1) is 28.1. The molecule has 1 saturated carbocycles. The van der Waals surface area contributed by atoms with Crippen molar-refractivity contribution < 1.29 is 30.8 Å². The zero-order chi connectivity index (χ0) is 28.1. The summed E-state index contributed by atoms with van der Waals surface area (Å²) in [4.78, 5) is 29.1. The molecule has 10 nitrogen and oxygen atoms in total. The average molecular weight is 617 g/mol. The highest BCUT2D eigenvalue weighted by molar-refractivity contribution is 7.91. The molecule has 0 spiro atoms. The van der Waals surface area contributed by atoms with Crippen LogP contribution in [0, 0.1) is 17.7 Å². The molecule has 2 aliphatic heterocycles. The van der Waals surface area contributed by atoms with Crippen molar-refractivity contribution in [2.45, 2.75) is 56.1 Å². The van der Waals surface area contributed by atoms with Gasteiger partial charge in [-0.05, 0) is 35.9 Å². The molecule has 3 heterocycles. The van der Waals surface area contributed by atoms with Crippen LogP contribution in [-0.2, 0) is 42.7 Å². The van der Waals surface area contributed by atoms with Crippen molar-refractivity contribution >= 4 is 65.5 Å². The Hall–Kier alpha value is -2.39. The van der Waals surface area contributed by atoms with E-state index in [1.54, 1.807) is 4.90 Å². The second-order valence-electron chi connectivity index (χ2n) is 9.95. The van der Waals surface area contributed by atoms with Gasteiger partial charge in [0.1, 0.15) is 21.5 Å². The fourth-order valence-electron chi connectivity index (χ4n) is 5.46. The van der Waals surface area contributed by atoms with Crippen molar-refractivity contribution in [3.63, 3.8) is 0 Å². The first-order chi connectivity index (χ1) is 18.4. The molecule has 15 heteroatoms. The summed E-state index contributed by atoms with van der Waals surface area (Å²) in [6.07, 6.45) is 4.68. The number of anilines is 1. The number of thiophene rings is 1. The first-order valence-corrected chi connectivity index (χ1v) is 16.9. The van der Waals surface area contributed by atoms with Crippen molar-refractivity contribution in [3.05, 3.63) is 45.5 Å². The van der Waals surface area contributed by atoms with Crippen molar-refractivity contribution in [1.29, 1.82) is 0 Å². The smallest absolute Gasteiger partial charge is 0.287 e. The average Bonchev–Trinajstić information content (AvgIpc) is 3.11.